The number of aromatic nitrogens is 3. The van der Waals surface area contributed by atoms with Crippen LogP contribution in [-0.4, -0.2) is 19.0 Å². The molecule has 2 aromatic heterocycles. The first kappa shape index (κ1) is 14.4. The molecule has 2 atom stereocenters. The van der Waals surface area contributed by atoms with E-state index in [1.807, 2.05) is 29.1 Å². The predicted molar refractivity (Wildman–Crippen MR) is 79.4 cm³/mol. The highest BCUT2D eigenvalue weighted by Crippen LogP contribution is 2.25. The van der Waals surface area contributed by atoms with E-state index in [2.05, 4.69) is 23.9 Å². The van der Waals surface area contributed by atoms with Gasteiger partial charge in [-0.1, -0.05) is 19.9 Å². The lowest BCUT2D eigenvalue weighted by molar-refractivity contribution is 0.471. The van der Waals surface area contributed by atoms with Crippen molar-refractivity contribution in [3.8, 4) is 0 Å². The minimum atomic E-state index is -0.962. The number of hydrogen-bond acceptors (Lipinski definition) is 4. The summed E-state index contributed by atoms with van der Waals surface area (Å²) in [6.07, 6.45) is 1.55. The first-order chi connectivity index (χ1) is 9.08. The summed E-state index contributed by atoms with van der Waals surface area (Å²) in [6, 6.07) is 4.03. The fourth-order valence-corrected chi connectivity index (χ4v) is 4.02. The molecule has 0 saturated heterocycles. The summed E-state index contributed by atoms with van der Waals surface area (Å²) in [4.78, 5) is 5.40. The second-order valence-corrected chi connectivity index (χ2v) is 7.67. The molecule has 0 saturated carbocycles. The molecule has 19 heavy (non-hydrogen) atoms. The maximum atomic E-state index is 12.4. The third-order valence-electron chi connectivity index (χ3n) is 2.84. The molecule has 0 aliphatic carbocycles. The van der Waals surface area contributed by atoms with Gasteiger partial charge >= 0.3 is 0 Å². The van der Waals surface area contributed by atoms with Crippen LogP contribution in [0, 0.1) is 5.92 Å². The van der Waals surface area contributed by atoms with Gasteiger partial charge in [0.15, 0.2) is 0 Å². The standard InChI is InChI=1S/C13H19N3OS2/c1-10(2)7-16-13(14-9-15-16)8-19(17)11(3)12-5-4-6-18-12/h4-6,9-11H,7-8H2,1-3H3/t11-,19+/m0/s1. The number of thiophene rings is 1. The largest absolute Gasteiger partial charge is 0.258 e. The zero-order valence-corrected chi connectivity index (χ0v) is 13.1. The van der Waals surface area contributed by atoms with Gasteiger partial charge in [-0.3, -0.25) is 4.21 Å². The molecule has 0 aliphatic heterocycles. The van der Waals surface area contributed by atoms with Crippen LogP contribution < -0.4 is 0 Å². The number of rotatable bonds is 6. The van der Waals surface area contributed by atoms with Gasteiger partial charge < -0.3 is 0 Å². The average Bonchev–Trinajstić information content (AvgIpc) is 2.99. The maximum absolute atomic E-state index is 12.4. The van der Waals surface area contributed by atoms with Crippen LogP contribution in [0.25, 0.3) is 0 Å². The van der Waals surface area contributed by atoms with E-state index in [9.17, 15) is 4.21 Å². The second-order valence-electron chi connectivity index (χ2n) is 4.93. The van der Waals surface area contributed by atoms with E-state index in [1.54, 1.807) is 17.7 Å². The molecule has 0 aromatic carbocycles. The van der Waals surface area contributed by atoms with Gasteiger partial charge in [0.1, 0.15) is 12.2 Å². The Bertz CT molecular complexity index is 534. The van der Waals surface area contributed by atoms with Gasteiger partial charge in [-0.25, -0.2) is 9.67 Å². The van der Waals surface area contributed by atoms with Gasteiger partial charge in [0.2, 0.25) is 0 Å². The lowest BCUT2D eigenvalue weighted by atomic mass is 10.2. The molecular formula is C13H19N3OS2. The summed E-state index contributed by atoms with van der Waals surface area (Å²) in [5, 5.41) is 6.27. The highest BCUT2D eigenvalue weighted by molar-refractivity contribution is 7.84. The Hall–Kier alpha value is -1.01. The molecule has 0 amide bonds. The van der Waals surface area contributed by atoms with Crippen molar-refractivity contribution in [2.45, 2.75) is 38.3 Å². The van der Waals surface area contributed by atoms with Gasteiger partial charge in [0, 0.05) is 22.2 Å². The molecule has 0 fully saturated rings. The van der Waals surface area contributed by atoms with Crippen LogP contribution in [0.3, 0.4) is 0 Å². The number of hydrogen-bond donors (Lipinski definition) is 0. The van der Waals surface area contributed by atoms with Crippen molar-refractivity contribution < 1.29 is 4.21 Å². The quantitative estimate of drug-likeness (QED) is 0.823. The Kier molecular flexibility index (Phi) is 4.87. The van der Waals surface area contributed by atoms with Gasteiger partial charge in [-0.2, -0.15) is 5.10 Å². The third-order valence-corrected chi connectivity index (χ3v) is 5.63. The summed E-state index contributed by atoms with van der Waals surface area (Å²) in [5.41, 5.74) is 0. The van der Waals surface area contributed by atoms with E-state index in [0.29, 0.717) is 11.7 Å². The summed E-state index contributed by atoms with van der Waals surface area (Å²) >= 11 is 1.65. The van der Waals surface area contributed by atoms with Crippen LogP contribution in [-0.2, 0) is 23.1 Å². The lowest BCUT2D eigenvalue weighted by Crippen LogP contribution is -2.13. The van der Waals surface area contributed by atoms with Crippen LogP contribution in [0.4, 0.5) is 0 Å². The van der Waals surface area contributed by atoms with Gasteiger partial charge in [-0.15, -0.1) is 11.3 Å². The van der Waals surface area contributed by atoms with E-state index in [1.165, 1.54) is 0 Å². The van der Waals surface area contributed by atoms with Crippen LogP contribution in [0.5, 0.6) is 0 Å². The van der Waals surface area contributed by atoms with E-state index < -0.39 is 10.8 Å². The highest BCUT2D eigenvalue weighted by atomic mass is 32.2. The first-order valence-electron chi connectivity index (χ1n) is 6.35. The van der Waals surface area contributed by atoms with Crippen molar-refractivity contribution in [2.24, 2.45) is 5.92 Å². The SMILES string of the molecule is CC(C)Cn1ncnc1C[S@@](=O)[C@@H](C)c1cccs1. The molecule has 2 rings (SSSR count). The van der Waals surface area contributed by atoms with Gasteiger partial charge in [-0.05, 0) is 24.3 Å². The molecule has 6 heteroatoms. The number of nitrogens with zero attached hydrogens (tertiary/aromatic N) is 3. The summed E-state index contributed by atoms with van der Waals surface area (Å²) in [6.45, 7) is 7.10. The molecule has 2 aromatic rings. The fraction of sp³-hybridized carbons (Fsp3) is 0.538. The molecule has 0 N–H and O–H groups in total. The van der Waals surface area contributed by atoms with Crippen molar-refractivity contribution in [1.29, 1.82) is 0 Å². The van der Waals surface area contributed by atoms with Gasteiger partial charge in [0.05, 0.1) is 11.0 Å². The molecule has 0 aliphatic rings. The third kappa shape index (κ3) is 3.73. The zero-order valence-electron chi connectivity index (χ0n) is 11.4. The Balaban J connectivity index is 2.05. The molecule has 0 unspecified atom stereocenters. The molecule has 0 bridgehead atoms. The second kappa shape index (κ2) is 6.43. The molecule has 0 spiro atoms. The zero-order chi connectivity index (χ0) is 13.8. The van der Waals surface area contributed by atoms with Crippen LogP contribution >= 0.6 is 11.3 Å². The van der Waals surface area contributed by atoms with Crippen molar-refractivity contribution in [1.82, 2.24) is 14.8 Å². The molecule has 2 heterocycles. The highest BCUT2D eigenvalue weighted by Gasteiger charge is 2.17. The van der Waals surface area contributed by atoms with Crippen LogP contribution in [0.2, 0.25) is 0 Å². The summed E-state index contributed by atoms with van der Waals surface area (Å²) < 4.78 is 14.2. The summed E-state index contributed by atoms with van der Waals surface area (Å²) in [5.74, 6) is 1.78. The first-order valence-corrected chi connectivity index (χ1v) is 8.61. The summed E-state index contributed by atoms with van der Waals surface area (Å²) in [7, 11) is -0.962. The molecule has 4 nitrogen and oxygen atoms in total. The molecule has 104 valence electrons. The van der Waals surface area contributed by atoms with Crippen molar-refractivity contribution in [3.63, 3.8) is 0 Å². The minimum Gasteiger partial charge on any atom is -0.258 e. The van der Waals surface area contributed by atoms with E-state index in [4.69, 9.17) is 0 Å². The topological polar surface area (TPSA) is 47.8 Å². The lowest BCUT2D eigenvalue weighted by Gasteiger charge is -2.11. The van der Waals surface area contributed by atoms with E-state index >= 15 is 0 Å². The Labute approximate surface area is 120 Å². The Morgan fingerprint density at radius 2 is 2.21 bits per heavy atom. The van der Waals surface area contributed by atoms with Crippen LogP contribution in [0.1, 0.15) is 36.7 Å². The normalized spacial score (nSPS) is 14.7. The van der Waals surface area contributed by atoms with E-state index in [-0.39, 0.29) is 5.25 Å². The minimum absolute atomic E-state index is 0.0456. The van der Waals surface area contributed by atoms with Crippen LogP contribution in [0.15, 0.2) is 23.8 Å². The smallest absolute Gasteiger partial charge is 0.139 e. The van der Waals surface area contributed by atoms with Crippen molar-refractivity contribution >= 4 is 22.1 Å². The molecular weight excluding hydrogens is 278 g/mol. The van der Waals surface area contributed by atoms with Crippen molar-refractivity contribution in [2.75, 3.05) is 0 Å². The van der Waals surface area contributed by atoms with E-state index in [0.717, 1.165) is 17.2 Å². The average molecular weight is 297 g/mol. The molecule has 0 radical (unpaired) electrons. The Morgan fingerprint density at radius 3 is 2.84 bits per heavy atom. The predicted octanol–water partition coefficient (Wildman–Crippen LogP) is 3.01. The monoisotopic (exact) mass is 297 g/mol. The maximum Gasteiger partial charge on any atom is 0.139 e. The fourth-order valence-electron chi connectivity index (χ4n) is 1.80. The van der Waals surface area contributed by atoms with Gasteiger partial charge in [0.25, 0.3) is 0 Å². The Morgan fingerprint density at radius 1 is 1.42 bits per heavy atom. The van der Waals surface area contributed by atoms with Crippen molar-refractivity contribution in [3.05, 3.63) is 34.5 Å².